The molecule has 0 aliphatic carbocycles. The Kier molecular flexibility index (Phi) is 9.66. The van der Waals surface area contributed by atoms with Crippen LogP contribution in [0.4, 0.5) is 47.3 Å². The first-order valence-electron chi connectivity index (χ1n) is 22.4. The van der Waals surface area contributed by atoms with Gasteiger partial charge in [-0.25, -0.2) is 0 Å². The SMILES string of the molecule is FC(F)(F)c1ccc2[n-]c3ccccc3c2c1.[2H]C([2H])([2H])N1[CH-]N(c2[c-]c(N3[CH-]N(C([2H])([2H])[2H])c4ccccc43)cc(-c3c(C(C)C)cc(C(C)C)cc3C(C)C)c2)c2ccccc21.[Pt+4]. The van der Waals surface area contributed by atoms with Crippen LogP contribution < -0.4 is 24.6 Å². The average Bonchev–Trinajstić information content (AvgIpc) is 3.95. The van der Waals surface area contributed by atoms with E-state index in [2.05, 4.69) is 76.9 Å². The second-order valence-corrected chi connectivity index (χ2v) is 15.7. The topological polar surface area (TPSA) is 27.1 Å². The second-order valence-electron chi connectivity index (χ2n) is 15.7. The van der Waals surface area contributed by atoms with Crippen LogP contribution in [0.15, 0.2) is 115 Å². The summed E-state index contributed by atoms with van der Waals surface area (Å²) in [5.41, 5.74) is 10.4. The maximum absolute atomic E-state index is 12.6. The summed E-state index contributed by atoms with van der Waals surface area (Å²) < 4.78 is 87.3. The summed E-state index contributed by atoms with van der Waals surface area (Å²) in [5, 5.41) is 1.31. The number of alkyl halides is 3. The van der Waals surface area contributed by atoms with Crippen LogP contribution in [-0.2, 0) is 27.2 Å². The molecule has 0 unspecified atom stereocenters. The maximum Gasteiger partial charge on any atom is 4.00 e. The van der Waals surface area contributed by atoms with Crippen molar-refractivity contribution in [3.8, 4) is 11.1 Å². The number of rotatable bonds is 6. The molecule has 0 radical (unpaired) electrons. The first-order chi connectivity index (χ1) is 30.1. The quantitative estimate of drug-likeness (QED) is 0.155. The van der Waals surface area contributed by atoms with E-state index in [0.29, 0.717) is 39.6 Å². The Labute approximate surface area is 369 Å². The van der Waals surface area contributed by atoms with Crippen LogP contribution in [0.2, 0.25) is 0 Å². The zero-order chi connectivity index (χ0) is 46.0. The van der Waals surface area contributed by atoms with Crippen LogP contribution in [0, 0.1) is 19.4 Å². The van der Waals surface area contributed by atoms with Gasteiger partial charge in [0.25, 0.3) is 0 Å². The molecular formula is C50H48F3N5Pt. The third kappa shape index (κ3) is 7.96. The van der Waals surface area contributed by atoms with Gasteiger partial charge in [0, 0.05) is 31.0 Å². The smallest absolute Gasteiger partial charge is 0.657 e. The van der Waals surface area contributed by atoms with Gasteiger partial charge in [-0.15, -0.1) is 46.2 Å². The van der Waals surface area contributed by atoms with Crippen molar-refractivity contribution < 1.29 is 42.5 Å². The first-order valence-corrected chi connectivity index (χ1v) is 19.4. The van der Waals surface area contributed by atoms with Gasteiger partial charge in [0.1, 0.15) is 0 Å². The molecule has 1 aromatic heterocycles. The molecule has 0 atom stereocenters. The summed E-state index contributed by atoms with van der Waals surface area (Å²) in [4.78, 5) is 10.6. The second kappa shape index (κ2) is 16.5. The molecular weight excluding hydrogens is 923 g/mol. The Morgan fingerprint density at radius 3 is 1.58 bits per heavy atom. The summed E-state index contributed by atoms with van der Waals surface area (Å²) >= 11 is 0. The van der Waals surface area contributed by atoms with E-state index in [9.17, 15) is 13.2 Å². The van der Waals surface area contributed by atoms with Crippen LogP contribution in [0.3, 0.4) is 0 Å². The number of nitrogens with zero attached hydrogens (tertiary/aromatic N) is 5. The summed E-state index contributed by atoms with van der Waals surface area (Å²) in [7, 11) is 0. The number of halogens is 3. The Hall–Kier alpha value is -5.20. The van der Waals surface area contributed by atoms with Gasteiger partial charge in [0.05, 0.1) is 5.56 Å². The molecule has 2 aliphatic rings. The van der Waals surface area contributed by atoms with E-state index in [1.165, 1.54) is 32.6 Å². The molecule has 3 heterocycles. The summed E-state index contributed by atoms with van der Waals surface area (Å²) in [6.07, 6.45) is -4.31. The fourth-order valence-corrected chi connectivity index (χ4v) is 7.79. The fraction of sp³-hybridized carbons (Fsp3) is 0.240. The maximum atomic E-state index is 12.6. The van der Waals surface area contributed by atoms with E-state index in [0.717, 1.165) is 45.5 Å². The molecule has 0 amide bonds. The monoisotopic (exact) mass is 976 g/mol. The molecule has 0 spiro atoms. The van der Waals surface area contributed by atoms with Crippen LogP contribution in [0.25, 0.3) is 32.9 Å². The van der Waals surface area contributed by atoms with Gasteiger partial charge in [0.15, 0.2) is 0 Å². The normalized spacial score (nSPS) is 15.7. The van der Waals surface area contributed by atoms with Gasteiger partial charge in [-0.2, -0.15) is 26.5 Å². The minimum Gasteiger partial charge on any atom is -0.657 e. The van der Waals surface area contributed by atoms with Gasteiger partial charge in [-0.05, 0) is 95.1 Å². The summed E-state index contributed by atoms with van der Waals surface area (Å²) in [5.74, 6) is 0.817. The summed E-state index contributed by atoms with van der Waals surface area (Å²) in [6.45, 7) is 11.7. The van der Waals surface area contributed by atoms with Crippen LogP contribution in [0.1, 0.15) is 89.8 Å². The van der Waals surface area contributed by atoms with Crippen molar-refractivity contribution in [2.75, 3.05) is 33.6 Å². The molecule has 59 heavy (non-hydrogen) atoms. The van der Waals surface area contributed by atoms with Gasteiger partial charge >= 0.3 is 27.2 Å². The zero-order valence-corrected chi connectivity index (χ0v) is 35.8. The first kappa shape index (κ1) is 34.6. The van der Waals surface area contributed by atoms with Gasteiger partial charge in [-0.3, -0.25) is 0 Å². The standard InChI is InChI=1S/C37H41N4.C13H7F3N.Pt/c1-24(2)27-19-31(25(3)4)37(32(20-27)26(5)6)28-17-29(40-22-38(7)33-13-9-11-15-35(33)40)21-30(18-28)41-23-39(8)34-14-10-12-16-36(34)41;14-13(15,16)8-5-6-12-10(7-8)9-3-1-2-4-11(9)17-12;/h9-20,22-26H,1-8H3;1-7H;/q-3;-1;+4/i7D3,8D3;;. The Morgan fingerprint density at radius 1 is 0.593 bits per heavy atom. The molecule has 6 aromatic carbocycles. The Morgan fingerprint density at radius 2 is 1.08 bits per heavy atom. The van der Waals surface area contributed by atoms with Gasteiger partial charge in [0.2, 0.25) is 0 Å². The van der Waals surface area contributed by atoms with Crippen molar-refractivity contribution in [3.05, 3.63) is 157 Å². The number of fused-ring (bicyclic) bond motifs is 5. The molecule has 0 saturated heterocycles. The molecule has 2 aliphatic heterocycles. The van der Waals surface area contributed by atoms with E-state index in [1.807, 2.05) is 52.3 Å². The van der Waals surface area contributed by atoms with Crippen molar-refractivity contribution in [2.24, 2.45) is 0 Å². The van der Waals surface area contributed by atoms with E-state index in [1.54, 1.807) is 43.7 Å². The van der Waals surface area contributed by atoms with E-state index >= 15 is 0 Å². The Balaban J connectivity index is 0.000000292. The Bertz CT molecular complexity index is 2730. The molecule has 5 nitrogen and oxygen atoms in total. The van der Waals surface area contributed by atoms with Crippen LogP contribution in [0.5, 0.6) is 0 Å². The molecule has 9 rings (SSSR count). The van der Waals surface area contributed by atoms with Crippen molar-refractivity contribution in [3.63, 3.8) is 0 Å². The molecule has 304 valence electrons. The number of hydrogen-bond donors (Lipinski definition) is 0. The third-order valence-electron chi connectivity index (χ3n) is 10.8. The molecule has 9 heteroatoms. The van der Waals surface area contributed by atoms with Gasteiger partial charge < -0.3 is 24.6 Å². The fourth-order valence-electron chi connectivity index (χ4n) is 7.79. The average molecular weight is 977 g/mol. The predicted molar refractivity (Wildman–Crippen MR) is 235 cm³/mol. The number of aromatic nitrogens is 1. The third-order valence-corrected chi connectivity index (χ3v) is 10.8. The van der Waals surface area contributed by atoms with Crippen LogP contribution in [-0.4, -0.2) is 14.0 Å². The minimum atomic E-state index is -4.31. The molecule has 7 aromatic rings. The number of hydrogen-bond acceptors (Lipinski definition) is 4. The van der Waals surface area contributed by atoms with Gasteiger partial charge in [-0.1, -0.05) is 114 Å². The molecule has 0 fully saturated rings. The van der Waals surface area contributed by atoms with Crippen molar-refractivity contribution >= 4 is 55.9 Å². The number of para-hydroxylation sites is 5. The van der Waals surface area contributed by atoms with E-state index in [-0.39, 0.29) is 32.9 Å². The molecule has 0 bridgehead atoms. The molecule has 0 saturated carbocycles. The van der Waals surface area contributed by atoms with E-state index < -0.39 is 25.7 Å². The zero-order valence-electron chi connectivity index (χ0n) is 39.5. The summed E-state index contributed by atoms with van der Waals surface area (Å²) in [6, 6.07) is 38.0. The largest absolute Gasteiger partial charge is 4.00 e. The number of benzene rings is 6. The molecule has 0 N–H and O–H groups in total. The predicted octanol–water partition coefficient (Wildman–Crippen LogP) is 13.9. The van der Waals surface area contributed by atoms with Crippen molar-refractivity contribution in [2.45, 2.75) is 65.5 Å². The minimum absolute atomic E-state index is 0. The van der Waals surface area contributed by atoms with Crippen molar-refractivity contribution in [1.29, 1.82) is 0 Å². The van der Waals surface area contributed by atoms with Crippen molar-refractivity contribution in [1.82, 2.24) is 4.98 Å². The van der Waals surface area contributed by atoms with Crippen LogP contribution >= 0.6 is 0 Å². The van der Waals surface area contributed by atoms with E-state index in [4.69, 9.17) is 8.22 Å². The number of anilines is 6.